The van der Waals surface area contributed by atoms with Gasteiger partial charge in [0.1, 0.15) is 5.82 Å². The van der Waals surface area contributed by atoms with E-state index in [1.807, 2.05) is 12.1 Å². The minimum atomic E-state index is -0.304. The van der Waals surface area contributed by atoms with Crippen molar-refractivity contribution in [1.82, 2.24) is 15.3 Å². The molecule has 3 aromatic carbocycles. The van der Waals surface area contributed by atoms with Crippen molar-refractivity contribution in [2.45, 2.75) is 20.4 Å². The molecule has 4 rings (SSSR count). The van der Waals surface area contributed by atoms with Crippen LogP contribution in [0, 0.1) is 5.82 Å². The summed E-state index contributed by atoms with van der Waals surface area (Å²) in [5.74, 6) is -0.0300. The number of hydrogen-bond donors (Lipinski definition) is 2. The fourth-order valence-electron chi connectivity index (χ4n) is 3.74. The minimum Gasteiger partial charge on any atom is -0.372 e. The van der Waals surface area contributed by atoms with Crippen LogP contribution in [0.15, 0.2) is 85.2 Å². The first kappa shape index (κ1) is 23.9. The highest BCUT2D eigenvalue weighted by Crippen LogP contribution is 2.20. The summed E-state index contributed by atoms with van der Waals surface area (Å²) >= 11 is 0. The van der Waals surface area contributed by atoms with Gasteiger partial charge in [0.25, 0.3) is 5.91 Å². The lowest BCUT2D eigenvalue weighted by Gasteiger charge is -2.21. The molecule has 35 heavy (non-hydrogen) atoms. The van der Waals surface area contributed by atoms with Gasteiger partial charge in [0, 0.05) is 54.5 Å². The molecule has 0 bridgehead atoms. The molecule has 0 saturated heterocycles. The second kappa shape index (κ2) is 11.2. The number of benzene rings is 3. The maximum Gasteiger partial charge on any atom is 0.251 e. The Kier molecular flexibility index (Phi) is 7.67. The number of nitrogens with zero attached hydrogens (tertiary/aromatic N) is 3. The third-order valence-corrected chi connectivity index (χ3v) is 5.73. The van der Waals surface area contributed by atoms with Crippen molar-refractivity contribution in [3.8, 4) is 11.1 Å². The Morgan fingerprint density at radius 3 is 2.20 bits per heavy atom. The molecule has 0 atom stereocenters. The predicted octanol–water partition coefficient (Wildman–Crippen LogP) is 5.80. The molecule has 1 heterocycles. The van der Waals surface area contributed by atoms with Crippen LogP contribution in [-0.2, 0) is 6.54 Å². The lowest BCUT2D eigenvalue weighted by molar-refractivity contribution is 0.0951. The summed E-state index contributed by atoms with van der Waals surface area (Å²) < 4.78 is 13.4. The fourth-order valence-corrected chi connectivity index (χ4v) is 3.74. The number of rotatable bonds is 9. The lowest BCUT2D eigenvalue weighted by atomic mass is 10.1. The summed E-state index contributed by atoms with van der Waals surface area (Å²) in [5.41, 5.74) is 4.99. The standard InChI is InChI=1S/C28H28FN5O/c1-3-34(4-2)26-14-8-20(9-15-26)17-30-27(35)21-10-12-25(13-11-21)33-28-31-18-23(19-32-28)22-6-5-7-24(29)16-22/h5-16,18-19H,3-4,17H2,1-2H3,(H,30,35)(H,31,32,33). The highest BCUT2D eigenvalue weighted by Gasteiger charge is 2.07. The molecule has 0 aliphatic heterocycles. The van der Waals surface area contributed by atoms with Crippen molar-refractivity contribution in [3.63, 3.8) is 0 Å². The van der Waals surface area contributed by atoms with Gasteiger partial charge in [-0.15, -0.1) is 0 Å². The summed E-state index contributed by atoms with van der Waals surface area (Å²) in [6, 6.07) is 21.7. The smallest absolute Gasteiger partial charge is 0.251 e. The molecule has 0 unspecified atom stereocenters. The van der Waals surface area contributed by atoms with E-state index in [2.05, 4.69) is 51.5 Å². The molecule has 0 fully saturated rings. The zero-order valence-electron chi connectivity index (χ0n) is 19.8. The summed E-state index contributed by atoms with van der Waals surface area (Å²) in [4.78, 5) is 23.4. The zero-order valence-corrected chi connectivity index (χ0v) is 19.8. The summed E-state index contributed by atoms with van der Waals surface area (Å²) in [7, 11) is 0. The largest absolute Gasteiger partial charge is 0.372 e. The average molecular weight is 470 g/mol. The van der Waals surface area contributed by atoms with E-state index in [1.54, 1.807) is 48.8 Å². The monoisotopic (exact) mass is 469 g/mol. The van der Waals surface area contributed by atoms with Crippen LogP contribution in [0.4, 0.5) is 21.7 Å². The van der Waals surface area contributed by atoms with Gasteiger partial charge in [-0.1, -0.05) is 24.3 Å². The van der Waals surface area contributed by atoms with Crippen LogP contribution in [0.25, 0.3) is 11.1 Å². The van der Waals surface area contributed by atoms with Gasteiger partial charge in [0.2, 0.25) is 5.95 Å². The van der Waals surface area contributed by atoms with E-state index in [9.17, 15) is 9.18 Å². The third-order valence-electron chi connectivity index (χ3n) is 5.73. The van der Waals surface area contributed by atoms with Crippen LogP contribution in [0.5, 0.6) is 0 Å². The maximum atomic E-state index is 13.4. The second-order valence-corrected chi connectivity index (χ2v) is 8.03. The number of amides is 1. The Balaban J connectivity index is 1.31. The molecule has 0 radical (unpaired) electrons. The molecule has 4 aromatic rings. The highest BCUT2D eigenvalue weighted by atomic mass is 19.1. The summed E-state index contributed by atoms with van der Waals surface area (Å²) in [6.07, 6.45) is 3.28. The number of hydrogen-bond acceptors (Lipinski definition) is 5. The van der Waals surface area contributed by atoms with Gasteiger partial charge in [-0.3, -0.25) is 4.79 Å². The molecule has 2 N–H and O–H groups in total. The van der Waals surface area contributed by atoms with Gasteiger partial charge < -0.3 is 15.5 Å². The number of aromatic nitrogens is 2. The molecule has 1 aromatic heterocycles. The van der Waals surface area contributed by atoms with Gasteiger partial charge in [-0.25, -0.2) is 14.4 Å². The van der Waals surface area contributed by atoms with Crippen LogP contribution in [-0.4, -0.2) is 29.0 Å². The van der Waals surface area contributed by atoms with Gasteiger partial charge in [-0.2, -0.15) is 0 Å². The number of anilines is 3. The number of halogens is 1. The number of nitrogens with one attached hydrogen (secondary N) is 2. The van der Waals surface area contributed by atoms with E-state index < -0.39 is 0 Å². The zero-order chi connectivity index (χ0) is 24.6. The predicted molar refractivity (Wildman–Crippen MR) is 138 cm³/mol. The van der Waals surface area contributed by atoms with Crippen LogP contribution in [0.3, 0.4) is 0 Å². The molecule has 7 heteroatoms. The van der Waals surface area contributed by atoms with Crippen molar-refractivity contribution in [2.75, 3.05) is 23.3 Å². The summed E-state index contributed by atoms with van der Waals surface area (Å²) in [5, 5.41) is 6.07. The van der Waals surface area contributed by atoms with E-state index >= 15 is 0 Å². The molecule has 0 saturated carbocycles. The number of carbonyl (C=O) groups is 1. The van der Waals surface area contributed by atoms with Crippen LogP contribution < -0.4 is 15.5 Å². The van der Waals surface area contributed by atoms with Gasteiger partial charge in [-0.05, 0) is 73.5 Å². The van der Waals surface area contributed by atoms with Crippen LogP contribution in [0.2, 0.25) is 0 Å². The Bertz CT molecular complexity index is 1250. The van der Waals surface area contributed by atoms with E-state index in [-0.39, 0.29) is 11.7 Å². The SMILES string of the molecule is CCN(CC)c1ccc(CNC(=O)c2ccc(Nc3ncc(-c4cccc(F)c4)cn3)cc2)cc1. The Morgan fingerprint density at radius 2 is 1.57 bits per heavy atom. The first-order chi connectivity index (χ1) is 17.1. The van der Waals surface area contributed by atoms with E-state index in [0.29, 0.717) is 23.6 Å². The Hall–Kier alpha value is -4.26. The van der Waals surface area contributed by atoms with Crippen molar-refractivity contribution < 1.29 is 9.18 Å². The average Bonchev–Trinajstić information content (AvgIpc) is 2.89. The molecule has 178 valence electrons. The van der Waals surface area contributed by atoms with Crippen LogP contribution in [0.1, 0.15) is 29.8 Å². The van der Waals surface area contributed by atoms with Crippen LogP contribution >= 0.6 is 0 Å². The van der Waals surface area contributed by atoms with Gasteiger partial charge in [0.15, 0.2) is 0 Å². The number of carbonyl (C=O) groups excluding carboxylic acids is 1. The Morgan fingerprint density at radius 1 is 0.886 bits per heavy atom. The summed E-state index contributed by atoms with van der Waals surface area (Å²) in [6.45, 7) is 6.66. The maximum absolute atomic E-state index is 13.4. The molecule has 0 spiro atoms. The Labute approximate surface area is 204 Å². The first-order valence-corrected chi connectivity index (χ1v) is 11.6. The normalized spacial score (nSPS) is 10.6. The van der Waals surface area contributed by atoms with Gasteiger partial charge in [0.05, 0.1) is 0 Å². The quantitative estimate of drug-likeness (QED) is 0.324. The molecule has 0 aliphatic rings. The second-order valence-electron chi connectivity index (χ2n) is 8.03. The third kappa shape index (κ3) is 6.20. The van der Waals surface area contributed by atoms with Crippen molar-refractivity contribution in [1.29, 1.82) is 0 Å². The highest BCUT2D eigenvalue weighted by molar-refractivity contribution is 5.94. The molecule has 1 amide bonds. The van der Waals surface area contributed by atoms with Gasteiger partial charge >= 0.3 is 0 Å². The molecule has 6 nitrogen and oxygen atoms in total. The van der Waals surface area contributed by atoms with E-state index in [4.69, 9.17) is 0 Å². The van der Waals surface area contributed by atoms with E-state index in [0.717, 1.165) is 29.9 Å². The minimum absolute atomic E-state index is 0.139. The van der Waals surface area contributed by atoms with Crippen molar-refractivity contribution in [3.05, 3.63) is 102 Å². The van der Waals surface area contributed by atoms with Crippen molar-refractivity contribution >= 4 is 23.2 Å². The topological polar surface area (TPSA) is 70.2 Å². The first-order valence-electron chi connectivity index (χ1n) is 11.6. The molecular formula is C28H28FN5O. The lowest BCUT2D eigenvalue weighted by Crippen LogP contribution is -2.23. The van der Waals surface area contributed by atoms with Crippen molar-refractivity contribution in [2.24, 2.45) is 0 Å². The van der Waals surface area contributed by atoms with E-state index in [1.165, 1.54) is 17.8 Å². The molecular weight excluding hydrogens is 441 g/mol. The fraction of sp³-hybridized carbons (Fsp3) is 0.179. The molecule has 0 aliphatic carbocycles.